The molecule has 0 aliphatic carbocycles. The molecule has 5 N–H and O–H groups in total. The number of primary amides is 1. The van der Waals surface area contributed by atoms with Crippen LogP contribution in [0.2, 0.25) is 0 Å². The third-order valence-corrected chi connectivity index (χ3v) is 2.99. The maximum Gasteiger partial charge on any atom is 0.312 e. The molecular formula is C12H25N3O4. The summed E-state index contributed by atoms with van der Waals surface area (Å²) in [6, 6.07) is -1.70. The number of carbonyl (C=O) groups excluding carboxylic acids is 2. The highest BCUT2D eigenvalue weighted by Crippen LogP contribution is 2.08. The number of ether oxygens (including phenoxy) is 1. The lowest BCUT2D eigenvalue weighted by atomic mass is 9.98. The van der Waals surface area contributed by atoms with Crippen LogP contribution >= 0.6 is 0 Å². The van der Waals surface area contributed by atoms with E-state index in [9.17, 15) is 9.59 Å². The quantitative estimate of drug-likeness (QED) is 0.458. The Hall–Kier alpha value is -1.34. The summed E-state index contributed by atoms with van der Waals surface area (Å²) in [5, 5.41) is 14.1. The van der Waals surface area contributed by atoms with Crippen molar-refractivity contribution in [1.82, 2.24) is 10.6 Å². The molecule has 0 fully saturated rings. The molecule has 0 rings (SSSR count). The van der Waals surface area contributed by atoms with Crippen molar-refractivity contribution in [3.63, 3.8) is 0 Å². The minimum absolute atomic E-state index is 0.0372. The van der Waals surface area contributed by atoms with E-state index in [-0.39, 0.29) is 24.5 Å². The molecule has 19 heavy (non-hydrogen) atoms. The molecule has 112 valence electrons. The highest BCUT2D eigenvalue weighted by molar-refractivity contribution is 5.86. The van der Waals surface area contributed by atoms with E-state index < -0.39 is 12.1 Å². The molecule has 3 amide bonds. The molecule has 0 bridgehead atoms. The summed E-state index contributed by atoms with van der Waals surface area (Å²) in [5.41, 5.74) is 5.08. The minimum Gasteiger partial charge on any atom is -0.396 e. The van der Waals surface area contributed by atoms with Crippen LogP contribution in [0.5, 0.6) is 0 Å². The van der Waals surface area contributed by atoms with Gasteiger partial charge in [0, 0.05) is 13.7 Å². The topological polar surface area (TPSA) is 114 Å². The van der Waals surface area contributed by atoms with Gasteiger partial charge in [0.15, 0.2) is 0 Å². The Morgan fingerprint density at radius 1 is 1.37 bits per heavy atom. The van der Waals surface area contributed by atoms with Crippen molar-refractivity contribution in [2.45, 2.75) is 38.8 Å². The number of methoxy groups -OCH3 is 1. The second-order valence-corrected chi connectivity index (χ2v) is 4.54. The van der Waals surface area contributed by atoms with Gasteiger partial charge in [0.2, 0.25) is 5.91 Å². The highest BCUT2D eigenvalue weighted by atomic mass is 16.5. The van der Waals surface area contributed by atoms with Crippen molar-refractivity contribution in [3.05, 3.63) is 0 Å². The third-order valence-electron chi connectivity index (χ3n) is 2.99. The number of amides is 3. The predicted octanol–water partition coefficient (Wildman–Crippen LogP) is -0.417. The van der Waals surface area contributed by atoms with Crippen LogP contribution in [-0.2, 0) is 9.53 Å². The first-order valence-corrected chi connectivity index (χ1v) is 6.42. The van der Waals surface area contributed by atoms with E-state index in [1.807, 2.05) is 13.8 Å². The fourth-order valence-electron chi connectivity index (χ4n) is 1.70. The molecule has 0 saturated heterocycles. The number of hydrogen-bond acceptors (Lipinski definition) is 4. The molecule has 3 unspecified atom stereocenters. The van der Waals surface area contributed by atoms with E-state index in [0.29, 0.717) is 13.0 Å². The summed E-state index contributed by atoms with van der Waals surface area (Å²) in [4.78, 5) is 23.1. The number of aliphatic hydroxyl groups is 1. The number of urea groups is 1. The van der Waals surface area contributed by atoms with Crippen LogP contribution in [0.15, 0.2) is 0 Å². The van der Waals surface area contributed by atoms with Crippen molar-refractivity contribution in [2.24, 2.45) is 11.7 Å². The van der Waals surface area contributed by atoms with Gasteiger partial charge in [-0.1, -0.05) is 20.3 Å². The van der Waals surface area contributed by atoms with Crippen molar-refractivity contribution in [1.29, 1.82) is 0 Å². The second-order valence-electron chi connectivity index (χ2n) is 4.54. The van der Waals surface area contributed by atoms with Gasteiger partial charge in [0.25, 0.3) is 0 Å². The van der Waals surface area contributed by atoms with Crippen molar-refractivity contribution in [2.75, 3.05) is 20.3 Å². The molecular weight excluding hydrogens is 250 g/mol. The molecule has 0 spiro atoms. The summed E-state index contributed by atoms with van der Waals surface area (Å²) in [7, 11) is 1.52. The first kappa shape index (κ1) is 17.7. The maximum absolute atomic E-state index is 12.1. The average molecular weight is 275 g/mol. The lowest BCUT2D eigenvalue weighted by Gasteiger charge is -2.25. The lowest BCUT2D eigenvalue weighted by molar-refractivity contribution is -0.125. The van der Waals surface area contributed by atoms with Gasteiger partial charge in [0.1, 0.15) is 6.04 Å². The Kier molecular flexibility index (Phi) is 8.90. The molecule has 0 heterocycles. The zero-order valence-corrected chi connectivity index (χ0v) is 11.8. The minimum atomic E-state index is -0.731. The first-order chi connectivity index (χ1) is 8.96. The zero-order valence-electron chi connectivity index (χ0n) is 11.8. The largest absolute Gasteiger partial charge is 0.396 e. The molecule has 0 aromatic carbocycles. The van der Waals surface area contributed by atoms with E-state index in [4.69, 9.17) is 15.6 Å². The summed E-state index contributed by atoms with van der Waals surface area (Å²) in [5.74, 6) is -0.353. The molecule has 0 aliphatic rings. The Morgan fingerprint density at radius 2 is 2.00 bits per heavy atom. The maximum atomic E-state index is 12.1. The van der Waals surface area contributed by atoms with E-state index in [0.717, 1.165) is 6.42 Å². The Morgan fingerprint density at radius 3 is 2.42 bits per heavy atom. The highest BCUT2D eigenvalue weighted by Gasteiger charge is 2.26. The molecule has 3 atom stereocenters. The van der Waals surface area contributed by atoms with Crippen LogP contribution in [-0.4, -0.2) is 49.5 Å². The summed E-state index contributed by atoms with van der Waals surface area (Å²) < 4.78 is 4.97. The molecule has 7 nitrogen and oxygen atoms in total. The van der Waals surface area contributed by atoms with E-state index in [1.165, 1.54) is 7.11 Å². The van der Waals surface area contributed by atoms with Crippen LogP contribution < -0.4 is 16.4 Å². The number of rotatable bonds is 9. The van der Waals surface area contributed by atoms with E-state index in [1.54, 1.807) is 0 Å². The van der Waals surface area contributed by atoms with E-state index in [2.05, 4.69) is 10.6 Å². The number of nitrogens with one attached hydrogen (secondary N) is 2. The van der Waals surface area contributed by atoms with Gasteiger partial charge >= 0.3 is 6.03 Å². The second kappa shape index (κ2) is 9.57. The van der Waals surface area contributed by atoms with Crippen molar-refractivity contribution >= 4 is 11.9 Å². The normalized spacial score (nSPS) is 15.4. The average Bonchev–Trinajstić information content (AvgIpc) is 2.35. The number of nitrogens with two attached hydrogens (primary N) is 1. The number of hydrogen-bond donors (Lipinski definition) is 4. The fraction of sp³-hybridized carbons (Fsp3) is 0.833. The molecule has 0 aromatic heterocycles. The summed E-state index contributed by atoms with van der Waals surface area (Å²) >= 11 is 0. The van der Waals surface area contributed by atoms with Crippen LogP contribution in [0.3, 0.4) is 0 Å². The van der Waals surface area contributed by atoms with Gasteiger partial charge < -0.3 is 26.2 Å². The molecule has 7 heteroatoms. The smallest absolute Gasteiger partial charge is 0.312 e. The Labute approximate surface area is 113 Å². The van der Waals surface area contributed by atoms with Gasteiger partial charge in [-0.15, -0.1) is 0 Å². The summed E-state index contributed by atoms with van der Waals surface area (Å²) in [6.45, 7) is 4.03. The number of aliphatic hydroxyl groups excluding tert-OH is 1. The Bertz CT molecular complexity index is 280. The Balaban J connectivity index is 4.63. The number of carbonyl (C=O) groups is 2. The van der Waals surface area contributed by atoms with Crippen LogP contribution in [0.1, 0.15) is 26.7 Å². The first-order valence-electron chi connectivity index (χ1n) is 6.42. The fourth-order valence-corrected chi connectivity index (χ4v) is 1.70. The SMILES string of the molecule is CCC(C)C(NC(N)=O)C(=O)NC(CCO)COC. The van der Waals surface area contributed by atoms with Gasteiger partial charge in [-0.05, 0) is 12.3 Å². The summed E-state index contributed by atoms with van der Waals surface area (Å²) in [6.07, 6.45) is 1.12. The molecule has 0 saturated carbocycles. The van der Waals surface area contributed by atoms with E-state index >= 15 is 0 Å². The van der Waals surface area contributed by atoms with Gasteiger partial charge in [-0.25, -0.2) is 4.79 Å². The standard InChI is InChI=1S/C12H25N3O4/c1-4-8(2)10(15-12(13)18)11(17)14-9(5-6-16)7-19-3/h8-10,16H,4-7H2,1-3H3,(H,14,17)(H3,13,15,18). The zero-order chi connectivity index (χ0) is 14.8. The van der Waals surface area contributed by atoms with Crippen molar-refractivity contribution in [3.8, 4) is 0 Å². The predicted molar refractivity (Wildman–Crippen MR) is 71.5 cm³/mol. The molecule has 0 radical (unpaired) electrons. The molecule has 0 aromatic rings. The lowest BCUT2D eigenvalue weighted by Crippen LogP contribution is -2.54. The van der Waals surface area contributed by atoms with Crippen LogP contribution in [0, 0.1) is 5.92 Å². The van der Waals surface area contributed by atoms with Gasteiger partial charge in [-0.2, -0.15) is 0 Å². The monoisotopic (exact) mass is 275 g/mol. The van der Waals surface area contributed by atoms with Crippen LogP contribution in [0.4, 0.5) is 4.79 Å². The van der Waals surface area contributed by atoms with Crippen LogP contribution in [0.25, 0.3) is 0 Å². The molecule has 0 aliphatic heterocycles. The van der Waals surface area contributed by atoms with Gasteiger partial charge in [0.05, 0.1) is 12.6 Å². The van der Waals surface area contributed by atoms with Gasteiger partial charge in [-0.3, -0.25) is 4.79 Å². The third kappa shape index (κ3) is 6.97. The van der Waals surface area contributed by atoms with Crippen molar-refractivity contribution < 1.29 is 19.4 Å².